The molecule has 0 saturated carbocycles. The average molecular weight is 295 g/mol. The molecule has 0 saturated heterocycles. The van der Waals surface area contributed by atoms with E-state index in [1.54, 1.807) is 12.1 Å². The summed E-state index contributed by atoms with van der Waals surface area (Å²) in [6.45, 7) is 0. The smallest absolute Gasteiger partial charge is 0.144 e. The van der Waals surface area contributed by atoms with Crippen molar-refractivity contribution in [2.24, 2.45) is 0 Å². The maximum atomic E-state index is 14.0. The molecule has 0 fully saturated rings. The minimum atomic E-state index is -0.453. The number of nitriles is 1. The third-order valence-electron chi connectivity index (χ3n) is 3.07. The van der Waals surface area contributed by atoms with Crippen molar-refractivity contribution in [1.82, 2.24) is 9.97 Å². The van der Waals surface area contributed by atoms with Gasteiger partial charge in [0.1, 0.15) is 23.2 Å². The Balaban J connectivity index is 1.89. The maximum Gasteiger partial charge on any atom is 0.144 e. The van der Waals surface area contributed by atoms with Crippen LogP contribution < -0.4 is 0 Å². The first-order valence-electron chi connectivity index (χ1n) is 6.29. The second-order valence-corrected chi connectivity index (χ2v) is 5.34. The lowest BCUT2D eigenvalue weighted by molar-refractivity contribution is 0.613. The molecule has 2 aromatic carbocycles. The quantitative estimate of drug-likeness (QED) is 0.542. The third-order valence-corrected chi connectivity index (χ3v) is 4.12. The second kappa shape index (κ2) is 5.90. The molecule has 0 spiro atoms. The number of thioether (sulfide) groups is 1. The predicted octanol–water partition coefficient (Wildman–Crippen LogP) is 3.93. The SMILES string of the molecule is N#Cc1cccc(CSc2ncnc3ccccc23)c1F. The molecule has 0 atom stereocenters. The zero-order valence-electron chi connectivity index (χ0n) is 11.0. The normalized spacial score (nSPS) is 10.5. The summed E-state index contributed by atoms with van der Waals surface area (Å²) in [5.74, 6) is -0.0339. The van der Waals surface area contributed by atoms with Gasteiger partial charge in [-0.25, -0.2) is 14.4 Å². The second-order valence-electron chi connectivity index (χ2n) is 4.38. The number of nitrogens with zero attached hydrogens (tertiary/aromatic N) is 3. The van der Waals surface area contributed by atoms with Crippen molar-refractivity contribution in [3.8, 4) is 6.07 Å². The number of halogens is 1. The summed E-state index contributed by atoms with van der Waals surface area (Å²) < 4.78 is 14.0. The van der Waals surface area contributed by atoms with E-state index in [0.717, 1.165) is 15.9 Å². The summed E-state index contributed by atoms with van der Waals surface area (Å²) in [6, 6.07) is 14.4. The van der Waals surface area contributed by atoms with Crippen LogP contribution in [-0.4, -0.2) is 9.97 Å². The first-order valence-corrected chi connectivity index (χ1v) is 7.28. The van der Waals surface area contributed by atoms with E-state index < -0.39 is 5.82 Å². The van der Waals surface area contributed by atoms with Crippen molar-refractivity contribution in [3.63, 3.8) is 0 Å². The van der Waals surface area contributed by atoms with Crippen LogP contribution >= 0.6 is 11.8 Å². The summed E-state index contributed by atoms with van der Waals surface area (Å²) >= 11 is 1.44. The van der Waals surface area contributed by atoms with Gasteiger partial charge >= 0.3 is 0 Å². The number of benzene rings is 2. The molecule has 0 unspecified atom stereocenters. The zero-order chi connectivity index (χ0) is 14.7. The lowest BCUT2D eigenvalue weighted by Crippen LogP contribution is -1.93. The Morgan fingerprint density at radius 1 is 1.10 bits per heavy atom. The molecule has 0 bridgehead atoms. The number of para-hydroxylation sites is 1. The summed E-state index contributed by atoms with van der Waals surface area (Å²) in [6.07, 6.45) is 1.51. The van der Waals surface area contributed by atoms with Crippen LogP contribution in [0, 0.1) is 17.1 Å². The van der Waals surface area contributed by atoms with Crippen molar-refractivity contribution in [1.29, 1.82) is 5.26 Å². The predicted molar refractivity (Wildman–Crippen MR) is 80.2 cm³/mol. The minimum absolute atomic E-state index is 0.0700. The van der Waals surface area contributed by atoms with Crippen molar-refractivity contribution < 1.29 is 4.39 Å². The van der Waals surface area contributed by atoms with Gasteiger partial charge in [-0.15, -0.1) is 11.8 Å². The minimum Gasteiger partial charge on any atom is -0.236 e. The molecule has 3 aromatic rings. The molecular weight excluding hydrogens is 285 g/mol. The van der Waals surface area contributed by atoms with E-state index in [9.17, 15) is 4.39 Å². The molecule has 102 valence electrons. The van der Waals surface area contributed by atoms with Gasteiger partial charge in [0, 0.05) is 11.1 Å². The number of aromatic nitrogens is 2. The standard InChI is InChI=1S/C16H10FN3S/c17-15-11(8-18)4-3-5-12(15)9-21-16-13-6-1-2-7-14(13)19-10-20-16/h1-7,10H,9H2. The van der Waals surface area contributed by atoms with Gasteiger partial charge < -0.3 is 0 Å². The molecule has 1 aromatic heterocycles. The highest BCUT2D eigenvalue weighted by Gasteiger charge is 2.09. The van der Waals surface area contributed by atoms with Crippen LogP contribution in [0.3, 0.4) is 0 Å². The van der Waals surface area contributed by atoms with E-state index in [-0.39, 0.29) is 5.56 Å². The topological polar surface area (TPSA) is 49.6 Å². The fourth-order valence-electron chi connectivity index (χ4n) is 2.02. The summed E-state index contributed by atoms with van der Waals surface area (Å²) in [7, 11) is 0. The van der Waals surface area contributed by atoms with Crippen molar-refractivity contribution in [2.75, 3.05) is 0 Å². The Labute approximate surface area is 125 Å². The van der Waals surface area contributed by atoms with Gasteiger partial charge in [-0.05, 0) is 17.7 Å². The number of hydrogen-bond acceptors (Lipinski definition) is 4. The highest BCUT2D eigenvalue weighted by atomic mass is 32.2. The molecule has 0 N–H and O–H groups in total. The van der Waals surface area contributed by atoms with Crippen LogP contribution in [0.5, 0.6) is 0 Å². The highest BCUT2D eigenvalue weighted by molar-refractivity contribution is 7.98. The molecule has 21 heavy (non-hydrogen) atoms. The zero-order valence-corrected chi connectivity index (χ0v) is 11.8. The molecule has 0 amide bonds. The van der Waals surface area contributed by atoms with Crippen LogP contribution in [-0.2, 0) is 5.75 Å². The fourth-order valence-corrected chi connectivity index (χ4v) is 2.98. The van der Waals surface area contributed by atoms with Crippen molar-refractivity contribution in [3.05, 3.63) is 65.7 Å². The molecule has 0 aliphatic carbocycles. The van der Waals surface area contributed by atoms with E-state index >= 15 is 0 Å². The van der Waals surface area contributed by atoms with Gasteiger partial charge in [-0.2, -0.15) is 5.26 Å². The molecule has 0 aliphatic rings. The molecule has 0 radical (unpaired) electrons. The van der Waals surface area contributed by atoms with Gasteiger partial charge in [0.15, 0.2) is 0 Å². The van der Waals surface area contributed by atoms with Gasteiger partial charge in [0.05, 0.1) is 11.1 Å². The molecule has 3 rings (SSSR count). The van der Waals surface area contributed by atoms with Crippen LogP contribution in [0.15, 0.2) is 53.8 Å². The molecule has 3 nitrogen and oxygen atoms in total. The van der Waals surface area contributed by atoms with Crippen LogP contribution in [0.25, 0.3) is 10.9 Å². The third kappa shape index (κ3) is 2.71. The Morgan fingerprint density at radius 2 is 1.95 bits per heavy atom. The monoisotopic (exact) mass is 295 g/mol. The van der Waals surface area contributed by atoms with E-state index in [1.165, 1.54) is 24.2 Å². The fraction of sp³-hybridized carbons (Fsp3) is 0.0625. The maximum absolute atomic E-state index is 14.0. The Kier molecular flexibility index (Phi) is 3.80. The molecule has 0 aliphatic heterocycles. The average Bonchev–Trinajstić information content (AvgIpc) is 2.54. The van der Waals surface area contributed by atoms with Gasteiger partial charge in [-0.3, -0.25) is 0 Å². The highest BCUT2D eigenvalue weighted by Crippen LogP contribution is 2.28. The van der Waals surface area contributed by atoms with E-state index in [1.807, 2.05) is 30.3 Å². The van der Waals surface area contributed by atoms with Gasteiger partial charge in [0.2, 0.25) is 0 Å². The Morgan fingerprint density at radius 3 is 2.81 bits per heavy atom. The molecule has 1 heterocycles. The van der Waals surface area contributed by atoms with Crippen LogP contribution in [0.2, 0.25) is 0 Å². The van der Waals surface area contributed by atoms with Crippen LogP contribution in [0.4, 0.5) is 4.39 Å². The largest absolute Gasteiger partial charge is 0.236 e. The van der Waals surface area contributed by atoms with Crippen molar-refractivity contribution in [2.45, 2.75) is 10.8 Å². The van der Waals surface area contributed by atoms with Crippen molar-refractivity contribution >= 4 is 22.7 Å². The van der Waals surface area contributed by atoms with Crippen LogP contribution in [0.1, 0.15) is 11.1 Å². The Hall–Kier alpha value is -2.45. The van der Waals surface area contributed by atoms with E-state index in [4.69, 9.17) is 5.26 Å². The lowest BCUT2D eigenvalue weighted by atomic mass is 10.1. The summed E-state index contributed by atoms with van der Waals surface area (Å²) in [5.41, 5.74) is 1.43. The first kappa shape index (κ1) is 13.5. The van der Waals surface area contributed by atoms with E-state index in [2.05, 4.69) is 9.97 Å². The van der Waals surface area contributed by atoms with Gasteiger partial charge in [-0.1, -0.05) is 30.3 Å². The summed E-state index contributed by atoms with van der Waals surface area (Å²) in [5, 5.41) is 10.6. The number of hydrogen-bond donors (Lipinski definition) is 0. The Bertz CT molecular complexity index is 837. The molecule has 5 heteroatoms. The lowest BCUT2D eigenvalue weighted by Gasteiger charge is -2.06. The van der Waals surface area contributed by atoms with Gasteiger partial charge in [0.25, 0.3) is 0 Å². The molecular formula is C16H10FN3S. The van der Waals surface area contributed by atoms with E-state index in [0.29, 0.717) is 11.3 Å². The summed E-state index contributed by atoms with van der Waals surface area (Å²) in [4.78, 5) is 8.46. The first-order chi connectivity index (χ1) is 10.3. The number of fused-ring (bicyclic) bond motifs is 1. The number of rotatable bonds is 3.